The van der Waals surface area contributed by atoms with Crippen LogP contribution in [0.25, 0.3) is 32.7 Å². The van der Waals surface area contributed by atoms with Gasteiger partial charge in [0.05, 0.1) is 7.11 Å². The van der Waals surface area contributed by atoms with E-state index < -0.39 is 0 Å². The Bertz CT molecular complexity index is 1000. The molecule has 0 aliphatic carbocycles. The predicted molar refractivity (Wildman–Crippen MR) is 98.5 cm³/mol. The van der Waals surface area contributed by atoms with Crippen molar-refractivity contribution < 1.29 is 4.74 Å². The Balaban J connectivity index is 2.03. The van der Waals surface area contributed by atoms with Crippen molar-refractivity contribution in [3.05, 3.63) is 77.8 Å². The van der Waals surface area contributed by atoms with Gasteiger partial charge in [-0.25, -0.2) is 0 Å². The molecule has 112 valence electrons. The van der Waals surface area contributed by atoms with E-state index >= 15 is 0 Å². The monoisotopic (exact) mass is 318 g/mol. The van der Waals surface area contributed by atoms with Gasteiger partial charge < -0.3 is 4.74 Å². The minimum Gasteiger partial charge on any atom is -0.497 e. The number of methoxy groups -OCH3 is 1. The summed E-state index contributed by atoms with van der Waals surface area (Å²) in [4.78, 5) is 0. The molecule has 4 aromatic rings. The van der Waals surface area contributed by atoms with Crippen LogP contribution in [0.15, 0.2) is 72.8 Å². The van der Waals surface area contributed by atoms with Gasteiger partial charge in [-0.05, 0) is 57.4 Å². The topological polar surface area (TPSA) is 9.23 Å². The Hall–Kier alpha value is -2.51. The zero-order chi connectivity index (χ0) is 15.8. The van der Waals surface area contributed by atoms with Gasteiger partial charge in [-0.2, -0.15) is 0 Å². The zero-order valence-corrected chi connectivity index (χ0v) is 13.5. The summed E-state index contributed by atoms with van der Waals surface area (Å²) in [6.07, 6.45) is 0. The van der Waals surface area contributed by atoms with Crippen molar-refractivity contribution in [1.82, 2.24) is 0 Å². The Morgan fingerprint density at radius 1 is 0.739 bits per heavy atom. The van der Waals surface area contributed by atoms with Crippen molar-refractivity contribution in [1.29, 1.82) is 0 Å². The predicted octanol–water partition coefficient (Wildman–Crippen LogP) is 6.32. The van der Waals surface area contributed by atoms with Gasteiger partial charge in [0, 0.05) is 10.6 Å². The fraction of sp³-hybridized carbons (Fsp3) is 0.0476. The van der Waals surface area contributed by atoms with Gasteiger partial charge in [0.2, 0.25) is 0 Å². The second kappa shape index (κ2) is 5.60. The molecule has 1 nitrogen and oxygen atoms in total. The third-order valence-electron chi connectivity index (χ3n) is 4.21. The molecule has 0 unspecified atom stereocenters. The van der Waals surface area contributed by atoms with E-state index in [1.165, 1.54) is 21.5 Å². The van der Waals surface area contributed by atoms with Gasteiger partial charge in [0.25, 0.3) is 0 Å². The van der Waals surface area contributed by atoms with Crippen molar-refractivity contribution in [2.75, 3.05) is 7.11 Å². The molecule has 0 fully saturated rings. The summed E-state index contributed by atoms with van der Waals surface area (Å²) >= 11 is 6.53. The van der Waals surface area contributed by atoms with Crippen molar-refractivity contribution in [2.45, 2.75) is 0 Å². The van der Waals surface area contributed by atoms with Crippen LogP contribution in [-0.4, -0.2) is 7.11 Å². The molecule has 0 aliphatic rings. The second-order valence-corrected chi connectivity index (χ2v) is 5.98. The maximum absolute atomic E-state index is 6.53. The summed E-state index contributed by atoms with van der Waals surface area (Å²) in [5.41, 5.74) is 2.16. The molecule has 0 radical (unpaired) electrons. The summed E-state index contributed by atoms with van der Waals surface area (Å²) in [6.45, 7) is 0. The molecular weight excluding hydrogens is 304 g/mol. The first-order chi connectivity index (χ1) is 11.3. The third-order valence-corrected chi connectivity index (χ3v) is 4.53. The summed E-state index contributed by atoms with van der Waals surface area (Å²) in [5, 5.41) is 5.58. The van der Waals surface area contributed by atoms with E-state index in [9.17, 15) is 0 Å². The highest BCUT2D eigenvalue weighted by Gasteiger charge is 2.10. The number of rotatable bonds is 2. The first kappa shape index (κ1) is 14.1. The Kier molecular flexibility index (Phi) is 3.44. The average Bonchev–Trinajstić information content (AvgIpc) is 2.60. The third kappa shape index (κ3) is 2.43. The summed E-state index contributed by atoms with van der Waals surface area (Å²) < 4.78 is 5.25. The molecule has 0 heterocycles. The largest absolute Gasteiger partial charge is 0.497 e. The molecule has 0 saturated heterocycles. The SMILES string of the molecule is COc1ccc(-c2c(Cl)ccc3cc4ccccc4cc23)cc1. The van der Waals surface area contributed by atoms with Gasteiger partial charge in [-0.3, -0.25) is 0 Å². The van der Waals surface area contributed by atoms with Gasteiger partial charge in [0.15, 0.2) is 0 Å². The molecular formula is C21H15ClO. The number of halogens is 1. The standard InChI is InChI=1S/C21H15ClO/c1-23-18-9-6-14(7-10-18)21-19-13-16-5-3-2-4-15(16)12-17(19)8-11-20(21)22/h2-13H,1H3. The molecule has 0 amide bonds. The van der Waals surface area contributed by atoms with Crippen LogP contribution in [0, 0.1) is 0 Å². The number of fused-ring (bicyclic) bond motifs is 2. The van der Waals surface area contributed by atoms with E-state index in [0.717, 1.165) is 21.9 Å². The normalized spacial score (nSPS) is 11.0. The molecule has 23 heavy (non-hydrogen) atoms. The maximum atomic E-state index is 6.53. The lowest BCUT2D eigenvalue weighted by atomic mass is 9.95. The Labute approximate surface area is 140 Å². The quantitative estimate of drug-likeness (QED) is 0.393. The lowest BCUT2D eigenvalue weighted by Gasteiger charge is -2.11. The van der Waals surface area contributed by atoms with Crippen LogP contribution < -0.4 is 4.74 Å². The van der Waals surface area contributed by atoms with Crippen LogP contribution >= 0.6 is 11.6 Å². The molecule has 4 rings (SSSR count). The van der Waals surface area contributed by atoms with Crippen LogP contribution in [0.3, 0.4) is 0 Å². The van der Waals surface area contributed by atoms with Crippen molar-refractivity contribution in [3.8, 4) is 16.9 Å². The van der Waals surface area contributed by atoms with Crippen molar-refractivity contribution >= 4 is 33.1 Å². The molecule has 0 N–H and O–H groups in total. The highest BCUT2D eigenvalue weighted by atomic mass is 35.5. The second-order valence-electron chi connectivity index (χ2n) is 5.57. The summed E-state index contributed by atoms with van der Waals surface area (Å²) in [6, 6.07) is 24.9. The van der Waals surface area contributed by atoms with Crippen molar-refractivity contribution in [2.24, 2.45) is 0 Å². The molecule has 0 bridgehead atoms. The van der Waals surface area contributed by atoms with Crippen LogP contribution in [0.2, 0.25) is 5.02 Å². The van der Waals surface area contributed by atoms with Crippen LogP contribution in [0.4, 0.5) is 0 Å². The smallest absolute Gasteiger partial charge is 0.118 e. The van der Waals surface area contributed by atoms with E-state index in [1.54, 1.807) is 7.11 Å². The molecule has 0 atom stereocenters. The summed E-state index contributed by atoms with van der Waals surface area (Å²) in [7, 11) is 1.67. The number of benzene rings is 4. The number of hydrogen-bond donors (Lipinski definition) is 0. The van der Waals surface area contributed by atoms with Gasteiger partial charge >= 0.3 is 0 Å². The number of ether oxygens (including phenoxy) is 1. The highest BCUT2D eigenvalue weighted by molar-refractivity contribution is 6.35. The molecule has 0 saturated carbocycles. The van der Waals surface area contributed by atoms with Crippen molar-refractivity contribution in [3.63, 3.8) is 0 Å². The van der Waals surface area contributed by atoms with Gasteiger partial charge in [-0.15, -0.1) is 0 Å². The van der Waals surface area contributed by atoms with Gasteiger partial charge in [0.1, 0.15) is 5.75 Å². The first-order valence-electron chi connectivity index (χ1n) is 7.52. The Morgan fingerprint density at radius 2 is 1.43 bits per heavy atom. The molecule has 4 aromatic carbocycles. The lowest BCUT2D eigenvalue weighted by molar-refractivity contribution is 0.415. The van der Waals surface area contributed by atoms with E-state index in [4.69, 9.17) is 16.3 Å². The molecule has 2 heteroatoms. The minimum atomic E-state index is 0.762. The molecule has 0 spiro atoms. The summed E-state index contributed by atoms with van der Waals surface area (Å²) in [5.74, 6) is 0.843. The van der Waals surface area contributed by atoms with Gasteiger partial charge in [-0.1, -0.05) is 54.1 Å². The Morgan fingerprint density at radius 3 is 2.13 bits per heavy atom. The highest BCUT2D eigenvalue weighted by Crippen LogP contribution is 2.37. The lowest BCUT2D eigenvalue weighted by Crippen LogP contribution is -1.86. The fourth-order valence-electron chi connectivity index (χ4n) is 3.04. The fourth-order valence-corrected chi connectivity index (χ4v) is 3.31. The minimum absolute atomic E-state index is 0.762. The first-order valence-corrected chi connectivity index (χ1v) is 7.89. The number of hydrogen-bond acceptors (Lipinski definition) is 1. The van der Waals surface area contributed by atoms with E-state index in [2.05, 4.69) is 54.6 Å². The van der Waals surface area contributed by atoms with E-state index in [1.807, 2.05) is 18.2 Å². The average molecular weight is 319 g/mol. The molecule has 0 aromatic heterocycles. The van der Waals surface area contributed by atoms with Crippen LogP contribution in [-0.2, 0) is 0 Å². The van der Waals surface area contributed by atoms with Crippen LogP contribution in [0.5, 0.6) is 5.75 Å². The maximum Gasteiger partial charge on any atom is 0.118 e. The zero-order valence-electron chi connectivity index (χ0n) is 12.7. The van der Waals surface area contributed by atoms with E-state index in [-0.39, 0.29) is 0 Å². The van der Waals surface area contributed by atoms with Crippen LogP contribution in [0.1, 0.15) is 0 Å². The van der Waals surface area contributed by atoms with E-state index in [0.29, 0.717) is 0 Å². The molecule has 0 aliphatic heterocycles.